The summed E-state index contributed by atoms with van der Waals surface area (Å²) < 4.78 is 1.98. The summed E-state index contributed by atoms with van der Waals surface area (Å²) in [6.45, 7) is 3.19. The van der Waals surface area contributed by atoms with Crippen molar-refractivity contribution in [1.82, 2.24) is 24.7 Å². The third-order valence-electron chi connectivity index (χ3n) is 3.78. The Balaban J connectivity index is 1.59. The van der Waals surface area contributed by atoms with Gasteiger partial charge in [-0.25, -0.2) is 4.98 Å². The van der Waals surface area contributed by atoms with Gasteiger partial charge in [0.2, 0.25) is 5.91 Å². The molecule has 1 saturated heterocycles. The third-order valence-corrected chi connectivity index (χ3v) is 4.84. The van der Waals surface area contributed by atoms with Gasteiger partial charge in [0.25, 0.3) is 0 Å². The number of rotatable bonds is 7. The lowest BCUT2D eigenvalue weighted by atomic mass is 10.2. The van der Waals surface area contributed by atoms with Crippen molar-refractivity contribution < 1.29 is 4.79 Å². The van der Waals surface area contributed by atoms with Gasteiger partial charge in [-0.3, -0.25) is 9.69 Å². The molecule has 0 saturated carbocycles. The van der Waals surface area contributed by atoms with Crippen molar-refractivity contribution in [2.24, 2.45) is 7.05 Å². The molecule has 1 aromatic rings. The second-order valence-corrected chi connectivity index (χ2v) is 6.72. The molecular formula is C14H25N5OS. The zero-order chi connectivity index (χ0) is 15.2. The fourth-order valence-corrected chi connectivity index (χ4v) is 3.25. The molecule has 0 radical (unpaired) electrons. The van der Waals surface area contributed by atoms with Gasteiger partial charge in [0, 0.05) is 50.9 Å². The first-order chi connectivity index (χ1) is 10.1. The van der Waals surface area contributed by atoms with E-state index in [1.807, 2.05) is 17.8 Å². The first kappa shape index (κ1) is 16.3. The summed E-state index contributed by atoms with van der Waals surface area (Å²) in [6, 6.07) is 0.580. The Bertz CT molecular complexity index is 462. The van der Waals surface area contributed by atoms with Crippen LogP contribution in [0.25, 0.3) is 0 Å². The molecule has 1 aromatic heterocycles. The van der Waals surface area contributed by atoms with Gasteiger partial charge in [0.05, 0.1) is 6.54 Å². The summed E-state index contributed by atoms with van der Waals surface area (Å²) in [7, 11) is 6.18. The van der Waals surface area contributed by atoms with Gasteiger partial charge in [0.1, 0.15) is 0 Å². The second kappa shape index (κ2) is 7.82. The number of carbonyl (C=O) groups excluding carboxylic acids is 1. The topological polar surface area (TPSA) is 53.4 Å². The predicted octanol–water partition coefficient (Wildman–Crippen LogP) is 0.264. The number of hydrogen-bond donors (Lipinski definition) is 1. The average molecular weight is 311 g/mol. The molecule has 1 amide bonds. The Kier molecular flexibility index (Phi) is 6.08. The molecular weight excluding hydrogens is 286 g/mol. The highest BCUT2D eigenvalue weighted by molar-refractivity contribution is 7.99. The van der Waals surface area contributed by atoms with Crippen LogP contribution in [0.1, 0.15) is 6.42 Å². The Hall–Kier alpha value is -1.05. The van der Waals surface area contributed by atoms with Crippen LogP contribution in [0, 0.1) is 0 Å². The molecule has 0 unspecified atom stereocenters. The lowest BCUT2D eigenvalue weighted by Gasteiger charge is -2.20. The largest absolute Gasteiger partial charge is 0.354 e. The van der Waals surface area contributed by atoms with Crippen LogP contribution in [0.15, 0.2) is 17.6 Å². The first-order valence-electron chi connectivity index (χ1n) is 7.32. The van der Waals surface area contributed by atoms with Gasteiger partial charge in [-0.1, -0.05) is 11.8 Å². The maximum absolute atomic E-state index is 11.9. The van der Waals surface area contributed by atoms with E-state index in [0.717, 1.165) is 30.4 Å². The number of hydrogen-bond acceptors (Lipinski definition) is 5. The van der Waals surface area contributed by atoms with Gasteiger partial charge in [-0.2, -0.15) is 0 Å². The average Bonchev–Trinajstić information content (AvgIpc) is 3.04. The minimum atomic E-state index is 0.120. The van der Waals surface area contributed by atoms with E-state index in [2.05, 4.69) is 34.2 Å². The number of aryl methyl sites for hydroxylation is 1. The number of imidazole rings is 1. The second-order valence-electron chi connectivity index (χ2n) is 5.66. The van der Waals surface area contributed by atoms with Crippen LogP contribution in [0.4, 0.5) is 0 Å². The smallest absolute Gasteiger partial charge is 0.234 e. The van der Waals surface area contributed by atoms with E-state index in [-0.39, 0.29) is 5.91 Å². The van der Waals surface area contributed by atoms with E-state index in [0.29, 0.717) is 19.1 Å². The Morgan fingerprint density at radius 3 is 3.00 bits per heavy atom. The van der Waals surface area contributed by atoms with Crippen molar-refractivity contribution in [2.75, 3.05) is 46.0 Å². The quantitative estimate of drug-likeness (QED) is 0.578. The fraction of sp³-hybridized carbons (Fsp3) is 0.714. The van der Waals surface area contributed by atoms with Crippen molar-refractivity contribution in [3.05, 3.63) is 12.4 Å². The molecule has 0 spiro atoms. The van der Waals surface area contributed by atoms with Crippen LogP contribution in [0.2, 0.25) is 0 Å². The Morgan fingerprint density at radius 2 is 2.38 bits per heavy atom. The summed E-state index contributed by atoms with van der Waals surface area (Å²) >= 11 is 1.66. The number of thioether (sulfide) groups is 1. The van der Waals surface area contributed by atoms with Gasteiger partial charge >= 0.3 is 0 Å². The van der Waals surface area contributed by atoms with Crippen molar-refractivity contribution in [3.8, 4) is 0 Å². The molecule has 1 aliphatic rings. The number of aromatic nitrogens is 2. The van der Waals surface area contributed by atoms with Gasteiger partial charge < -0.3 is 14.8 Å². The summed E-state index contributed by atoms with van der Waals surface area (Å²) in [5, 5.41) is 3.97. The van der Waals surface area contributed by atoms with Crippen molar-refractivity contribution in [2.45, 2.75) is 17.6 Å². The lowest BCUT2D eigenvalue weighted by Crippen LogP contribution is -2.38. The predicted molar refractivity (Wildman–Crippen MR) is 85.5 cm³/mol. The number of carbonyl (C=O) groups is 1. The number of amides is 1. The molecule has 6 nitrogen and oxygen atoms in total. The van der Waals surface area contributed by atoms with Crippen molar-refractivity contribution in [1.29, 1.82) is 0 Å². The molecule has 2 heterocycles. The highest BCUT2D eigenvalue weighted by Gasteiger charge is 2.24. The van der Waals surface area contributed by atoms with E-state index < -0.39 is 0 Å². The highest BCUT2D eigenvalue weighted by Crippen LogP contribution is 2.13. The maximum Gasteiger partial charge on any atom is 0.234 e. The van der Waals surface area contributed by atoms with Crippen LogP contribution < -0.4 is 5.32 Å². The lowest BCUT2D eigenvalue weighted by molar-refractivity contribution is -0.121. The van der Waals surface area contributed by atoms with Crippen molar-refractivity contribution >= 4 is 17.7 Å². The third kappa shape index (κ3) is 5.01. The number of likely N-dealkylation sites (tertiary alicyclic amines) is 1. The van der Waals surface area contributed by atoms with Crippen LogP contribution in [0.5, 0.6) is 0 Å². The summed E-state index contributed by atoms with van der Waals surface area (Å²) in [6.07, 6.45) is 4.86. The van der Waals surface area contributed by atoms with Crippen molar-refractivity contribution in [3.63, 3.8) is 0 Å². The van der Waals surface area contributed by atoms with E-state index in [9.17, 15) is 4.79 Å². The van der Waals surface area contributed by atoms with E-state index in [1.54, 1.807) is 18.0 Å². The summed E-state index contributed by atoms with van der Waals surface area (Å²) in [5.74, 6) is 0.964. The van der Waals surface area contributed by atoms with Crippen LogP contribution in [-0.4, -0.2) is 77.3 Å². The number of likely N-dealkylation sites (N-methyl/N-ethyl adjacent to an activating group) is 1. The van der Waals surface area contributed by atoms with E-state index in [4.69, 9.17) is 0 Å². The Morgan fingerprint density at radius 1 is 1.57 bits per heavy atom. The molecule has 118 valence electrons. The normalized spacial score (nSPS) is 19.3. The molecule has 1 fully saturated rings. The van der Waals surface area contributed by atoms with Gasteiger partial charge in [0.15, 0.2) is 5.16 Å². The molecule has 0 aliphatic carbocycles. The van der Waals surface area contributed by atoms with E-state index in [1.165, 1.54) is 0 Å². The molecule has 1 aliphatic heterocycles. The zero-order valence-electron chi connectivity index (χ0n) is 13.1. The summed E-state index contributed by atoms with van der Waals surface area (Å²) in [5.41, 5.74) is 0. The molecule has 21 heavy (non-hydrogen) atoms. The monoisotopic (exact) mass is 311 g/mol. The highest BCUT2D eigenvalue weighted by atomic mass is 32.2. The zero-order valence-corrected chi connectivity index (χ0v) is 13.9. The molecule has 0 aromatic carbocycles. The number of nitrogens with zero attached hydrogens (tertiary/aromatic N) is 4. The van der Waals surface area contributed by atoms with E-state index >= 15 is 0 Å². The van der Waals surface area contributed by atoms with Gasteiger partial charge in [-0.05, 0) is 20.5 Å². The number of nitrogens with one attached hydrogen (secondary N) is 1. The van der Waals surface area contributed by atoms with Crippen LogP contribution >= 0.6 is 11.8 Å². The van der Waals surface area contributed by atoms with Crippen LogP contribution in [0.3, 0.4) is 0 Å². The Labute approximate surface area is 130 Å². The molecule has 1 atom stereocenters. The maximum atomic E-state index is 11.9. The standard InChI is InChI=1S/C14H25N5OS/c1-17(2)12-4-7-19(10-12)11-13(20)15-6-9-21-14-16-5-8-18(14)3/h5,8,12H,4,6-7,9-11H2,1-3H3,(H,15,20)/t12-/m1/s1. The molecule has 0 bridgehead atoms. The minimum absolute atomic E-state index is 0.120. The molecule has 2 rings (SSSR count). The first-order valence-corrected chi connectivity index (χ1v) is 8.30. The van der Waals surface area contributed by atoms with Crippen LogP contribution in [-0.2, 0) is 11.8 Å². The molecule has 1 N–H and O–H groups in total. The minimum Gasteiger partial charge on any atom is -0.354 e. The fourth-order valence-electron chi connectivity index (χ4n) is 2.46. The SMILES string of the molecule is CN(C)[C@@H]1CCN(CC(=O)NCCSc2nccn2C)C1. The van der Waals surface area contributed by atoms with Gasteiger partial charge in [-0.15, -0.1) is 0 Å². The molecule has 7 heteroatoms. The summed E-state index contributed by atoms with van der Waals surface area (Å²) in [4.78, 5) is 20.6.